The van der Waals surface area contributed by atoms with Gasteiger partial charge in [-0.2, -0.15) is 0 Å². The van der Waals surface area contributed by atoms with Gasteiger partial charge in [-0.1, -0.05) is 12.8 Å². The molecule has 0 saturated heterocycles. The lowest BCUT2D eigenvalue weighted by molar-refractivity contribution is 0.0923. The molecule has 0 spiro atoms. The third-order valence-electron chi connectivity index (χ3n) is 4.01. The van der Waals surface area contributed by atoms with E-state index in [-0.39, 0.29) is 11.9 Å². The van der Waals surface area contributed by atoms with E-state index in [4.69, 9.17) is 5.73 Å². The third kappa shape index (κ3) is 3.32. The van der Waals surface area contributed by atoms with Crippen molar-refractivity contribution >= 4 is 5.91 Å². The number of carbonyl (C=O) groups excluding carboxylic acids is 1. The number of pyridine rings is 1. The Bertz CT molecular complexity index is 453. The van der Waals surface area contributed by atoms with Gasteiger partial charge in [0.1, 0.15) is 0 Å². The maximum Gasteiger partial charge on any atom is 0.253 e. The van der Waals surface area contributed by atoms with E-state index >= 15 is 0 Å². The smallest absolute Gasteiger partial charge is 0.253 e. The van der Waals surface area contributed by atoms with E-state index in [1.54, 1.807) is 0 Å². The molecule has 0 bridgehead atoms. The molecule has 104 valence electrons. The number of aromatic nitrogens is 1. The van der Waals surface area contributed by atoms with Crippen LogP contribution in [0.25, 0.3) is 0 Å². The van der Waals surface area contributed by atoms with Crippen LogP contribution in [-0.4, -0.2) is 23.5 Å². The number of nitrogens with two attached hydrogens (primary N) is 1. The first-order valence-corrected chi connectivity index (χ1v) is 7.07. The number of aryl methyl sites for hydroxylation is 2. The minimum Gasteiger partial charge on any atom is -0.348 e. The minimum absolute atomic E-state index is 0.0487. The van der Waals surface area contributed by atoms with Crippen molar-refractivity contribution in [2.24, 2.45) is 11.7 Å². The van der Waals surface area contributed by atoms with E-state index in [1.165, 1.54) is 25.7 Å². The van der Waals surface area contributed by atoms with E-state index < -0.39 is 0 Å². The Labute approximate surface area is 114 Å². The average molecular weight is 261 g/mol. The van der Waals surface area contributed by atoms with Gasteiger partial charge < -0.3 is 11.1 Å². The molecule has 0 aliphatic heterocycles. The van der Waals surface area contributed by atoms with Crippen LogP contribution < -0.4 is 11.1 Å². The fourth-order valence-electron chi connectivity index (χ4n) is 2.90. The summed E-state index contributed by atoms with van der Waals surface area (Å²) in [6.45, 7) is 4.31. The molecule has 0 aromatic carbocycles. The van der Waals surface area contributed by atoms with Crippen LogP contribution in [0.15, 0.2) is 12.1 Å². The molecule has 19 heavy (non-hydrogen) atoms. The van der Waals surface area contributed by atoms with E-state index in [1.807, 2.05) is 26.0 Å². The predicted molar refractivity (Wildman–Crippen MR) is 76.0 cm³/mol. The van der Waals surface area contributed by atoms with Crippen LogP contribution in [0.5, 0.6) is 0 Å². The molecule has 1 atom stereocenters. The summed E-state index contributed by atoms with van der Waals surface area (Å²) in [7, 11) is 0. The number of hydrogen-bond donors (Lipinski definition) is 2. The lowest BCUT2D eigenvalue weighted by Gasteiger charge is -2.23. The first kappa shape index (κ1) is 14.0. The van der Waals surface area contributed by atoms with Gasteiger partial charge in [0, 0.05) is 18.3 Å². The van der Waals surface area contributed by atoms with Crippen molar-refractivity contribution in [3.63, 3.8) is 0 Å². The highest BCUT2D eigenvalue weighted by Gasteiger charge is 2.26. The van der Waals surface area contributed by atoms with Gasteiger partial charge in [0.05, 0.1) is 11.3 Å². The summed E-state index contributed by atoms with van der Waals surface area (Å²) in [5.74, 6) is 0.486. The zero-order valence-corrected chi connectivity index (χ0v) is 11.8. The largest absolute Gasteiger partial charge is 0.348 e. The number of rotatable bonds is 4. The number of nitrogens with zero attached hydrogens (tertiary/aromatic N) is 1. The molecule has 1 saturated carbocycles. The van der Waals surface area contributed by atoms with Gasteiger partial charge in [-0.05, 0) is 44.7 Å². The van der Waals surface area contributed by atoms with Crippen LogP contribution in [0.4, 0.5) is 0 Å². The molecule has 1 heterocycles. The molecule has 0 radical (unpaired) electrons. The van der Waals surface area contributed by atoms with Crippen molar-refractivity contribution in [3.05, 3.63) is 29.1 Å². The monoisotopic (exact) mass is 261 g/mol. The van der Waals surface area contributed by atoms with Gasteiger partial charge in [-0.15, -0.1) is 0 Å². The summed E-state index contributed by atoms with van der Waals surface area (Å²) in [5, 5.41) is 3.08. The van der Waals surface area contributed by atoms with Gasteiger partial charge in [0.25, 0.3) is 5.91 Å². The number of hydrogen-bond acceptors (Lipinski definition) is 3. The maximum absolute atomic E-state index is 12.3. The molecule has 1 aliphatic rings. The number of nitrogens with one attached hydrogen (secondary N) is 1. The van der Waals surface area contributed by atoms with Crippen LogP contribution in [0.3, 0.4) is 0 Å². The van der Waals surface area contributed by atoms with Crippen LogP contribution in [0.2, 0.25) is 0 Å². The van der Waals surface area contributed by atoms with Crippen LogP contribution in [-0.2, 0) is 0 Å². The molecular formula is C15H23N3O. The normalized spacial score (nSPS) is 17.4. The highest BCUT2D eigenvalue weighted by molar-refractivity contribution is 5.95. The Morgan fingerprint density at radius 2 is 2.11 bits per heavy atom. The molecule has 1 aromatic rings. The summed E-state index contributed by atoms with van der Waals surface area (Å²) in [4.78, 5) is 16.6. The van der Waals surface area contributed by atoms with E-state index in [2.05, 4.69) is 10.3 Å². The van der Waals surface area contributed by atoms with Crippen LogP contribution in [0, 0.1) is 19.8 Å². The summed E-state index contributed by atoms with van der Waals surface area (Å²) >= 11 is 0. The SMILES string of the molecule is Cc1ccc(C(=O)NC(CN)C2CCCC2)c(C)n1. The molecule has 4 nitrogen and oxygen atoms in total. The van der Waals surface area contributed by atoms with Crippen LogP contribution in [0.1, 0.15) is 47.4 Å². The fourth-order valence-corrected chi connectivity index (χ4v) is 2.90. The summed E-state index contributed by atoms with van der Waals surface area (Å²) < 4.78 is 0. The first-order chi connectivity index (χ1) is 9.11. The van der Waals surface area contributed by atoms with Crippen molar-refractivity contribution in [2.45, 2.75) is 45.6 Å². The summed E-state index contributed by atoms with van der Waals surface area (Å²) in [6.07, 6.45) is 4.85. The van der Waals surface area contributed by atoms with Crippen molar-refractivity contribution in [2.75, 3.05) is 6.54 Å². The quantitative estimate of drug-likeness (QED) is 0.870. The van der Waals surface area contributed by atoms with Crippen LogP contribution >= 0.6 is 0 Å². The second-order valence-electron chi connectivity index (χ2n) is 5.45. The summed E-state index contributed by atoms with van der Waals surface area (Å²) in [6, 6.07) is 3.81. The van der Waals surface area contributed by atoms with Crippen molar-refractivity contribution in [3.8, 4) is 0 Å². The highest BCUT2D eigenvalue weighted by atomic mass is 16.1. The standard InChI is InChI=1S/C15H23N3O/c1-10-7-8-13(11(2)17-10)15(19)18-14(9-16)12-5-3-4-6-12/h7-8,12,14H,3-6,9,16H2,1-2H3,(H,18,19). The lowest BCUT2D eigenvalue weighted by atomic mass is 9.97. The lowest BCUT2D eigenvalue weighted by Crippen LogP contribution is -2.44. The molecule has 2 rings (SSSR count). The molecular weight excluding hydrogens is 238 g/mol. The van der Waals surface area contributed by atoms with Gasteiger partial charge in [-0.25, -0.2) is 0 Å². The van der Waals surface area contributed by atoms with Gasteiger partial charge in [-0.3, -0.25) is 9.78 Å². The van der Waals surface area contributed by atoms with Crippen molar-refractivity contribution < 1.29 is 4.79 Å². The number of amides is 1. The molecule has 3 N–H and O–H groups in total. The van der Waals surface area contributed by atoms with Crippen molar-refractivity contribution in [1.29, 1.82) is 0 Å². The summed E-state index contributed by atoms with van der Waals surface area (Å²) in [5.41, 5.74) is 8.17. The molecule has 1 fully saturated rings. The Morgan fingerprint density at radius 1 is 1.42 bits per heavy atom. The molecule has 1 unspecified atom stereocenters. The molecule has 1 aromatic heterocycles. The maximum atomic E-state index is 12.3. The third-order valence-corrected chi connectivity index (χ3v) is 4.01. The topological polar surface area (TPSA) is 68.0 Å². The second-order valence-corrected chi connectivity index (χ2v) is 5.45. The highest BCUT2D eigenvalue weighted by Crippen LogP contribution is 2.27. The Kier molecular flexibility index (Phi) is 4.53. The zero-order valence-electron chi connectivity index (χ0n) is 11.8. The van der Waals surface area contributed by atoms with E-state index in [9.17, 15) is 4.79 Å². The zero-order chi connectivity index (χ0) is 13.8. The predicted octanol–water partition coefficient (Wildman–Crippen LogP) is 1.95. The first-order valence-electron chi connectivity index (χ1n) is 7.07. The molecule has 4 heteroatoms. The van der Waals surface area contributed by atoms with E-state index in [0.717, 1.165) is 11.4 Å². The second kappa shape index (κ2) is 6.15. The Hall–Kier alpha value is -1.42. The van der Waals surface area contributed by atoms with Gasteiger partial charge in [0.2, 0.25) is 0 Å². The average Bonchev–Trinajstić information content (AvgIpc) is 2.89. The minimum atomic E-state index is -0.0487. The van der Waals surface area contributed by atoms with Crippen molar-refractivity contribution in [1.82, 2.24) is 10.3 Å². The number of carbonyl (C=O) groups is 1. The van der Waals surface area contributed by atoms with Gasteiger partial charge >= 0.3 is 0 Å². The molecule has 1 aliphatic carbocycles. The Morgan fingerprint density at radius 3 is 2.68 bits per heavy atom. The van der Waals surface area contributed by atoms with E-state index in [0.29, 0.717) is 18.0 Å². The van der Waals surface area contributed by atoms with Gasteiger partial charge in [0.15, 0.2) is 0 Å². The fraction of sp³-hybridized carbons (Fsp3) is 0.600. The Balaban J connectivity index is 2.06. The molecule has 1 amide bonds.